The van der Waals surface area contributed by atoms with Gasteiger partial charge < -0.3 is 15.3 Å². The highest BCUT2D eigenvalue weighted by molar-refractivity contribution is 5.79. The molecule has 1 aromatic heterocycles. The Morgan fingerprint density at radius 2 is 1.56 bits per heavy atom. The Morgan fingerprint density at radius 1 is 1.00 bits per heavy atom. The van der Waals surface area contributed by atoms with Crippen LogP contribution in [-0.4, -0.2) is 26.2 Å². The van der Waals surface area contributed by atoms with Crippen molar-refractivity contribution in [2.24, 2.45) is 0 Å². The summed E-state index contributed by atoms with van der Waals surface area (Å²) in [7, 11) is 0. The molecule has 6 heteroatoms. The van der Waals surface area contributed by atoms with Crippen LogP contribution in [0.15, 0.2) is 54.6 Å². The fraction of sp³-hybridized carbons (Fsp3) is 0.105. The first kappa shape index (κ1) is 15.1. The number of benzene rings is 2. The number of fused-ring (bicyclic) bond motifs is 3. The Hall–Kier alpha value is -3.41. The van der Waals surface area contributed by atoms with Gasteiger partial charge in [-0.2, -0.15) is 0 Å². The first-order valence-corrected chi connectivity index (χ1v) is 7.78. The zero-order valence-corrected chi connectivity index (χ0v) is 13.1. The lowest BCUT2D eigenvalue weighted by atomic mass is 9.91. The molecule has 0 bridgehead atoms. The Kier molecular flexibility index (Phi) is 3.39. The molecule has 0 saturated carbocycles. The average molecular weight is 337 g/mol. The van der Waals surface area contributed by atoms with E-state index in [1.807, 2.05) is 36.4 Å². The molecule has 0 saturated heterocycles. The normalized spacial score (nSPS) is 12.6. The highest BCUT2D eigenvalue weighted by atomic mass is 16.8. The molecule has 1 aliphatic rings. The molecule has 6 nitrogen and oxygen atoms in total. The smallest absolute Gasteiger partial charge is 0.492 e. The number of carboxylic acid groups (broad SMARTS) is 1. The predicted octanol–water partition coefficient (Wildman–Crippen LogP) is 3.36. The second kappa shape index (κ2) is 5.59. The summed E-state index contributed by atoms with van der Waals surface area (Å²) in [6.07, 6.45) is -1.21. The molecule has 1 aliphatic carbocycles. The lowest BCUT2D eigenvalue weighted by Crippen LogP contribution is -2.16. The average Bonchev–Trinajstić information content (AvgIpc) is 3.05. The fourth-order valence-corrected chi connectivity index (χ4v) is 3.54. The van der Waals surface area contributed by atoms with E-state index in [4.69, 9.17) is 5.11 Å². The van der Waals surface area contributed by atoms with E-state index in [1.54, 1.807) is 0 Å². The van der Waals surface area contributed by atoms with Gasteiger partial charge in [-0.15, -0.1) is 4.73 Å². The molecule has 0 spiro atoms. The van der Waals surface area contributed by atoms with Crippen molar-refractivity contribution in [3.63, 3.8) is 0 Å². The van der Waals surface area contributed by atoms with Crippen molar-refractivity contribution in [2.45, 2.75) is 12.3 Å². The number of aromatic nitrogens is 1. The molecule has 0 amide bonds. The van der Waals surface area contributed by atoms with Gasteiger partial charge in [0.25, 0.3) is 0 Å². The zero-order chi connectivity index (χ0) is 17.6. The largest absolute Gasteiger partial charge is 0.531 e. The molecular weight excluding hydrogens is 322 g/mol. The molecule has 0 aliphatic heterocycles. The van der Waals surface area contributed by atoms with Crippen molar-refractivity contribution in [1.29, 1.82) is 0 Å². The Morgan fingerprint density at radius 3 is 2.12 bits per heavy atom. The summed E-state index contributed by atoms with van der Waals surface area (Å²) in [5, 5.41) is 28.8. The van der Waals surface area contributed by atoms with E-state index in [-0.39, 0.29) is 5.92 Å². The van der Waals surface area contributed by atoms with Crippen LogP contribution in [0.1, 0.15) is 22.6 Å². The summed E-state index contributed by atoms with van der Waals surface area (Å²) >= 11 is 0. The van der Waals surface area contributed by atoms with Crippen molar-refractivity contribution in [2.75, 3.05) is 0 Å². The Bertz CT molecular complexity index is 930. The number of rotatable bonds is 3. The van der Waals surface area contributed by atoms with Crippen molar-refractivity contribution in [1.82, 2.24) is 4.73 Å². The van der Waals surface area contributed by atoms with E-state index in [2.05, 4.69) is 17.0 Å². The molecule has 3 aromatic rings. The van der Waals surface area contributed by atoms with Gasteiger partial charge in [0.2, 0.25) is 11.8 Å². The van der Waals surface area contributed by atoms with Crippen LogP contribution in [0.3, 0.4) is 0 Å². The number of aromatic hydroxyl groups is 2. The van der Waals surface area contributed by atoms with E-state index in [0.29, 0.717) is 16.7 Å². The van der Waals surface area contributed by atoms with Gasteiger partial charge in [0.05, 0.1) is 0 Å². The molecule has 1 heterocycles. The molecule has 3 N–H and O–H groups in total. The van der Waals surface area contributed by atoms with Gasteiger partial charge in [-0.3, -0.25) is 4.84 Å². The van der Waals surface area contributed by atoms with E-state index in [9.17, 15) is 15.0 Å². The number of hydrogen-bond acceptors (Lipinski definition) is 4. The maximum absolute atomic E-state index is 10.7. The standard InChI is InChI=1S/C19H15NO5/c21-17-10-11(18(22)20(17)25-19(23)24)9-16-14-7-3-1-5-12(14)13-6-2-4-8-15(13)16/h1-8,10,16,21-22H,9H2,(H,23,24). The summed E-state index contributed by atoms with van der Waals surface area (Å²) in [4.78, 5) is 15.1. The molecule has 2 aromatic carbocycles. The maximum atomic E-state index is 10.7. The second-order valence-electron chi connectivity index (χ2n) is 5.93. The van der Waals surface area contributed by atoms with Crippen LogP contribution in [0.25, 0.3) is 11.1 Å². The van der Waals surface area contributed by atoms with E-state index in [0.717, 1.165) is 22.3 Å². The molecule has 0 atom stereocenters. The minimum Gasteiger partial charge on any atom is -0.492 e. The molecular formula is C19H15NO5. The summed E-state index contributed by atoms with van der Waals surface area (Å²) in [6, 6.07) is 17.4. The van der Waals surface area contributed by atoms with Crippen LogP contribution in [0.2, 0.25) is 0 Å². The first-order chi connectivity index (χ1) is 12.1. The van der Waals surface area contributed by atoms with Crippen molar-refractivity contribution in [3.8, 4) is 22.9 Å². The minimum absolute atomic E-state index is 0.00150. The van der Waals surface area contributed by atoms with Gasteiger partial charge in [0, 0.05) is 17.5 Å². The molecule has 0 fully saturated rings. The Balaban J connectivity index is 1.76. The topological polar surface area (TPSA) is 91.9 Å². The van der Waals surface area contributed by atoms with Crippen LogP contribution < -0.4 is 4.84 Å². The summed E-state index contributed by atoms with van der Waals surface area (Å²) in [6.45, 7) is 0. The summed E-state index contributed by atoms with van der Waals surface area (Å²) in [5.74, 6) is -0.880. The fourth-order valence-electron chi connectivity index (χ4n) is 3.54. The lowest BCUT2D eigenvalue weighted by molar-refractivity contribution is 0.0642. The number of hydrogen-bond donors (Lipinski definition) is 3. The quantitative estimate of drug-likeness (QED) is 0.681. The van der Waals surface area contributed by atoms with Crippen molar-refractivity contribution in [3.05, 3.63) is 71.3 Å². The van der Waals surface area contributed by atoms with Crippen LogP contribution in [0, 0.1) is 0 Å². The third-order valence-electron chi connectivity index (χ3n) is 4.55. The van der Waals surface area contributed by atoms with Crippen LogP contribution in [0.4, 0.5) is 4.79 Å². The van der Waals surface area contributed by atoms with Gasteiger partial charge in [0.1, 0.15) is 0 Å². The third kappa shape index (κ3) is 2.39. The molecule has 0 unspecified atom stereocenters. The predicted molar refractivity (Wildman–Crippen MR) is 89.8 cm³/mol. The van der Waals surface area contributed by atoms with E-state index >= 15 is 0 Å². The Labute approximate surface area is 143 Å². The van der Waals surface area contributed by atoms with Gasteiger partial charge in [-0.1, -0.05) is 48.5 Å². The number of nitrogens with zero attached hydrogens (tertiary/aromatic N) is 1. The highest BCUT2D eigenvalue weighted by Crippen LogP contribution is 2.47. The molecule has 4 rings (SSSR count). The van der Waals surface area contributed by atoms with Crippen molar-refractivity contribution >= 4 is 6.16 Å². The van der Waals surface area contributed by atoms with E-state index in [1.165, 1.54) is 6.07 Å². The third-order valence-corrected chi connectivity index (χ3v) is 4.55. The van der Waals surface area contributed by atoms with Gasteiger partial charge in [0.15, 0.2) is 0 Å². The van der Waals surface area contributed by atoms with Gasteiger partial charge in [-0.05, 0) is 28.7 Å². The first-order valence-electron chi connectivity index (χ1n) is 7.78. The van der Waals surface area contributed by atoms with Crippen molar-refractivity contribution < 1.29 is 25.0 Å². The van der Waals surface area contributed by atoms with Crippen LogP contribution in [0.5, 0.6) is 11.8 Å². The zero-order valence-electron chi connectivity index (χ0n) is 13.1. The van der Waals surface area contributed by atoms with Gasteiger partial charge in [-0.25, -0.2) is 4.79 Å². The molecule has 126 valence electrons. The second-order valence-corrected chi connectivity index (χ2v) is 5.93. The SMILES string of the molecule is O=C(O)On1c(O)cc(CC2c3ccccc3-c3ccccc32)c1O. The monoisotopic (exact) mass is 337 g/mol. The lowest BCUT2D eigenvalue weighted by Gasteiger charge is -2.13. The van der Waals surface area contributed by atoms with Crippen LogP contribution >= 0.6 is 0 Å². The molecule has 0 radical (unpaired) electrons. The van der Waals surface area contributed by atoms with E-state index < -0.39 is 17.9 Å². The van der Waals surface area contributed by atoms with Gasteiger partial charge >= 0.3 is 6.16 Å². The number of carbonyl (C=O) groups is 1. The summed E-state index contributed by atoms with van der Waals surface area (Å²) in [5.41, 5.74) is 4.97. The highest BCUT2D eigenvalue weighted by Gasteiger charge is 2.30. The summed E-state index contributed by atoms with van der Waals surface area (Å²) < 4.78 is 0.504. The molecule has 25 heavy (non-hydrogen) atoms. The minimum atomic E-state index is -1.62. The maximum Gasteiger partial charge on any atom is 0.531 e. The van der Waals surface area contributed by atoms with Crippen LogP contribution in [-0.2, 0) is 6.42 Å².